The van der Waals surface area contributed by atoms with Gasteiger partial charge in [0.05, 0.1) is 6.07 Å². The third kappa shape index (κ3) is 3.26. The van der Waals surface area contributed by atoms with Crippen LogP contribution in [0.15, 0.2) is 0 Å². The molecule has 5 nitrogen and oxygen atoms in total. The van der Waals surface area contributed by atoms with E-state index in [9.17, 15) is 10.1 Å². The molecule has 5 heteroatoms. The largest absolute Gasteiger partial charge is 0.381 e. The summed E-state index contributed by atoms with van der Waals surface area (Å²) in [6, 6.07) is 2.24. The van der Waals surface area contributed by atoms with Crippen LogP contribution in [0.1, 0.15) is 25.7 Å². The number of hydrogen-bond donors (Lipinski definition) is 0. The predicted octanol–water partition coefficient (Wildman–Crippen LogP) is 1.19. The minimum Gasteiger partial charge on any atom is -0.381 e. The van der Waals surface area contributed by atoms with E-state index in [1.54, 1.807) is 4.90 Å². The van der Waals surface area contributed by atoms with Crippen molar-refractivity contribution in [3.63, 3.8) is 0 Å². The van der Waals surface area contributed by atoms with Crippen LogP contribution in [0.25, 0.3) is 0 Å². The maximum Gasteiger partial charge on any atom is 0.242 e. The van der Waals surface area contributed by atoms with E-state index < -0.39 is 5.41 Å². The normalized spacial score (nSPS) is 23.6. The number of hydrogen-bond acceptors (Lipinski definition) is 4. The van der Waals surface area contributed by atoms with Gasteiger partial charge in [-0.25, -0.2) is 0 Å². The molecule has 2 rings (SSSR count). The Morgan fingerprint density at radius 3 is 2.42 bits per heavy atom. The van der Waals surface area contributed by atoms with Crippen molar-refractivity contribution in [2.24, 2.45) is 11.3 Å². The van der Waals surface area contributed by atoms with Crippen LogP contribution in [-0.4, -0.2) is 50.8 Å². The number of nitriles is 1. The molecule has 106 valence electrons. The molecular weight excluding hydrogens is 244 g/mol. The van der Waals surface area contributed by atoms with Crippen LogP contribution in [0.2, 0.25) is 0 Å². The zero-order chi connectivity index (χ0) is 13.7. The lowest BCUT2D eigenvalue weighted by Crippen LogP contribution is -2.46. The van der Waals surface area contributed by atoms with Crippen molar-refractivity contribution in [1.29, 1.82) is 5.26 Å². The van der Waals surface area contributed by atoms with Gasteiger partial charge in [0, 0.05) is 40.0 Å². The van der Waals surface area contributed by atoms with Crippen LogP contribution >= 0.6 is 0 Å². The van der Waals surface area contributed by atoms with Gasteiger partial charge in [-0.15, -0.1) is 0 Å². The molecule has 0 aromatic rings. The van der Waals surface area contributed by atoms with Gasteiger partial charge in [0.25, 0.3) is 0 Å². The number of carbonyl (C=O) groups excluding carboxylic acids is 1. The van der Waals surface area contributed by atoms with Crippen LogP contribution < -0.4 is 0 Å². The van der Waals surface area contributed by atoms with Gasteiger partial charge in [-0.1, -0.05) is 0 Å². The average molecular weight is 266 g/mol. The summed E-state index contributed by atoms with van der Waals surface area (Å²) in [5.74, 6) is 0.461. The van der Waals surface area contributed by atoms with Gasteiger partial charge >= 0.3 is 0 Å². The van der Waals surface area contributed by atoms with E-state index in [4.69, 9.17) is 9.47 Å². The molecule has 0 aromatic heterocycles. The Labute approximate surface area is 114 Å². The summed E-state index contributed by atoms with van der Waals surface area (Å²) in [6.07, 6.45) is 3.03. The van der Waals surface area contributed by atoms with Crippen LogP contribution in [0.5, 0.6) is 0 Å². The molecule has 2 aliphatic heterocycles. The van der Waals surface area contributed by atoms with Gasteiger partial charge in [0.2, 0.25) is 5.91 Å². The van der Waals surface area contributed by atoms with E-state index in [2.05, 4.69) is 6.07 Å². The minimum atomic E-state index is -0.863. The minimum absolute atomic E-state index is 0.0372. The Balaban J connectivity index is 1.95. The Kier molecular flexibility index (Phi) is 4.78. The van der Waals surface area contributed by atoms with Crippen molar-refractivity contribution in [2.45, 2.75) is 25.7 Å². The maximum atomic E-state index is 12.5. The van der Waals surface area contributed by atoms with E-state index >= 15 is 0 Å². The van der Waals surface area contributed by atoms with Gasteiger partial charge < -0.3 is 14.4 Å². The van der Waals surface area contributed by atoms with E-state index in [0.29, 0.717) is 32.0 Å². The molecule has 0 radical (unpaired) electrons. The lowest BCUT2D eigenvalue weighted by Gasteiger charge is -2.35. The first kappa shape index (κ1) is 14.3. The Morgan fingerprint density at radius 2 is 1.84 bits per heavy atom. The first-order chi connectivity index (χ1) is 9.18. The topological polar surface area (TPSA) is 62.6 Å². The summed E-state index contributed by atoms with van der Waals surface area (Å²) in [4.78, 5) is 14.3. The van der Waals surface area contributed by atoms with Crippen LogP contribution in [0.3, 0.4) is 0 Å². The third-order valence-electron chi connectivity index (χ3n) is 4.19. The Morgan fingerprint density at radius 1 is 1.26 bits per heavy atom. The number of carbonyl (C=O) groups is 1. The van der Waals surface area contributed by atoms with Gasteiger partial charge in [0.15, 0.2) is 0 Å². The molecule has 0 aliphatic carbocycles. The van der Waals surface area contributed by atoms with E-state index in [1.165, 1.54) is 0 Å². The van der Waals surface area contributed by atoms with Gasteiger partial charge in [-0.2, -0.15) is 5.26 Å². The zero-order valence-corrected chi connectivity index (χ0v) is 11.6. The van der Waals surface area contributed by atoms with Crippen LogP contribution in [0, 0.1) is 22.7 Å². The van der Waals surface area contributed by atoms with Crippen molar-refractivity contribution in [3.8, 4) is 6.07 Å². The molecule has 2 saturated heterocycles. The van der Waals surface area contributed by atoms with E-state index in [1.807, 2.05) is 7.05 Å². The van der Waals surface area contributed by atoms with Gasteiger partial charge in [0.1, 0.15) is 5.41 Å². The molecule has 0 bridgehead atoms. The summed E-state index contributed by atoms with van der Waals surface area (Å²) < 4.78 is 10.6. The monoisotopic (exact) mass is 266 g/mol. The molecule has 2 fully saturated rings. The highest BCUT2D eigenvalue weighted by Crippen LogP contribution is 2.32. The number of nitrogens with zero attached hydrogens (tertiary/aromatic N) is 2. The molecule has 2 aliphatic rings. The highest BCUT2D eigenvalue weighted by Gasteiger charge is 2.42. The van der Waals surface area contributed by atoms with E-state index in [0.717, 1.165) is 32.6 Å². The number of amides is 1. The summed E-state index contributed by atoms with van der Waals surface area (Å²) in [6.45, 7) is 3.30. The highest BCUT2D eigenvalue weighted by atomic mass is 16.5. The SMILES string of the molecule is CN(CC1CCOCC1)C(=O)C1(C#N)CCOCC1. The first-order valence-corrected chi connectivity index (χ1v) is 7.00. The van der Waals surface area contributed by atoms with Gasteiger partial charge in [-0.3, -0.25) is 4.79 Å². The summed E-state index contributed by atoms with van der Waals surface area (Å²) >= 11 is 0. The summed E-state index contributed by atoms with van der Waals surface area (Å²) in [5, 5.41) is 9.39. The standard InChI is InChI=1S/C14H22N2O3/c1-16(10-12-2-6-18-7-3-12)13(17)14(11-15)4-8-19-9-5-14/h12H,2-10H2,1H3. The molecule has 2 heterocycles. The quantitative estimate of drug-likeness (QED) is 0.770. The van der Waals surface area contributed by atoms with E-state index in [-0.39, 0.29) is 5.91 Å². The fourth-order valence-electron chi connectivity index (χ4n) is 2.86. The van der Waals surface area contributed by atoms with Crippen LogP contribution in [0.4, 0.5) is 0 Å². The summed E-state index contributed by atoms with van der Waals surface area (Å²) in [7, 11) is 1.81. The number of rotatable bonds is 3. The molecule has 0 atom stereocenters. The maximum absolute atomic E-state index is 12.5. The fraction of sp³-hybridized carbons (Fsp3) is 0.857. The molecule has 0 aromatic carbocycles. The van der Waals surface area contributed by atoms with Crippen LogP contribution in [-0.2, 0) is 14.3 Å². The van der Waals surface area contributed by atoms with Crippen molar-refractivity contribution in [1.82, 2.24) is 4.90 Å². The molecule has 19 heavy (non-hydrogen) atoms. The highest BCUT2D eigenvalue weighted by molar-refractivity contribution is 5.85. The molecule has 0 unspecified atom stereocenters. The Bertz CT molecular complexity index is 352. The zero-order valence-electron chi connectivity index (χ0n) is 11.6. The molecule has 1 amide bonds. The van der Waals surface area contributed by atoms with Crippen molar-refractivity contribution in [2.75, 3.05) is 40.0 Å². The number of ether oxygens (including phenoxy) is 2. The molecule has 0 N–H and O–H groups in total. The smallest absolute Gasteiger partial charge is 0.242 e. The lowest BCUT2D eigenvalue weighted by molar-refractivity contribution is -0.143. The second-order valence-corrected chi connectivity index (χ2v) is 5.55. The van der Waals surface area contributed by atoms with Crippen molar-refractivity contribution >= 4 is 5.91 Å². The summed E-state index contributed by atoms with van der Waals surface area (Å²) in [5.41, 5.74) is -0.863. The van der Waals surface area contributed by atoms with Crippen molar-refractivity contribution in [3.05, 3.63) is 0 Å². The first-order valence-electron chi connectivity index (χ1n) is 7.00. The molecule has 0 saturated carbocycles. The van der Waals surface area contributed by atoms with Gasteiger partial charge in [-0.05, 0) is 31.6 Å². The Hall–Kier alpha value is -1.12. The fourth-order valence-corrected chi connectivity index (χ4v) is 2.86. The average Bonchev–Trinajstić information content (AvgIpc) is 2.48. The molecular formula is C14H22N2O3. The predicted molar refractivity (Wildman–Crippen MR) is 69.3 cm³/mol. The lowest BCUT2D eigenvalue weighted by atomic mass is 9.80. The second kappa shape index (κ2) is 6.36. The molecule has 0 spiro atoms. The second-order valence-electron chi connectivity index (χ2n) is 5.55. The van der Waals surface area contributed by atoms with Crippen molar-refractivity contribution < 1.29 is 14.3 Å². The third-order valence-corrected chi connectivity index (χ3v) is 4.19.